The maximum atomic E-state index is 12.2. The maximum Gasteiger partial charge on any atom is 0.308 e. The van der Waals surface area contributed by atoms with Crippen LogP contribution < -0.4 is 5.32 Å². The Bertz CT molecular complexity index is 409. The highest BCUT2D eigenvalue weighted by Gasteiger charge is 2.28. The van der Waals surface area contributed by atoms with Crippen molar-refractivity contribution in [3.63, 3.8) is 0 Å². The van der Waals surface area contributed by atoms with Crippen LogP contribution in [-0.2, 0) is 19.1 Å². The Hall–Kier alpha value is -1.56. The summed E-state index contributed by atoms with van der Waals surface area (Å²) in [7, 11) is 1.23. The molecule has 19 heavy (non-hydrogen) atoms. The lowest BCUT2D eigenvalue weighted by Gasteiger charge is -2.29. The fourth-order valence-electron chi connectivity index (χ4n) is 1.81. The summed E-state index contributed by atoms with van der Waals surface area (Å²) >= 11 is 5.89. The molecule has 0 saturated heterocycles. The van der Waals surface area contributed by atoms with Crippen molar-refractivity contribution in [1.82, 2.24) is 10.2 Å². The first-order valence-electron chi connectivity index (χ1n) is 5.91. The topological polar surface area (TPSA) is 75.7 Å². The number of esters is 1. The van der Waals surface area contributed by atoms with Crippen LogP contribution in [0.25, 0.3) is 0 Å². The number of ether oxygens (including phenoxy) is 1. The predicted molar refractivity (Wildman–Crippen MR) is 69.4 cm³/mol. The van der Waals surface area contributed by atoms with Crippen LogP contribution in [0, 0.1) is 0 Å². The Kier molecular flexibility index (Phi) is 5.82. The van der Waals surface area contributed by atoms with Crippen LogP contribution in [-0.4, -0.2) is 48.9 Å². The van der Waals surface area contributed by atoms with Gasteiger partial charge in [0.25, 0.3) is 0 Å². The van der Waals surface area contributed by atoms with E-state index in [0.717, 1.165) is 0 Å². The van der Waals surface area contributed by atoms with Crippen LogP contribution >= 0.6 is 11.6 Å². The van der Waals surface area contributed by atoms with Gasteiger partial charge in [-0.05, 0) is 6.42 Å². The van der Waals surface area contributed by atoms with E-state index in [1.165, 1.54) is 18.9 Å². The molecular weight excluding hydrogens is 272 g/mol. The number of hydrogen-bond acceptors (Lipinski definition) is 4. The zero-order valence-corrected chi connectivity index (χ0v) is 11.7. The van der Waals surface area contributed by atoms with Crippen LogP contribution in [0.4, 0.5) is 0 Å². The van der Waals surface area contributed by atoms with Gasteiger partial charge < -0.3 is 15.0 Å². The van der Waals surface area contributed by atoms with Gasteiger partial charge in [-0.25, -0.2) is 0 Å². The molecule has 0 aromatic heterocycles. The molecule has 0 saturated carbocycles. The molecule has 1 unspecified atom stereocenters. The van der Waals surface area contributed by atoms with Crippen molar-refractivity contribution >= 4 is 29.4 Å². The zero-order valence-electron chi connectivity index (χ0n) is 10.9. The summed E-state index contributed by atoms with van der Waals surface area (Å²) in [5.74, 6) is -1.25. The van der Waals surface area contributed by atoms with Crippen LogP contribution in [0.5, 0.6) is 0 Å². The molecule has 1 aliphatic heterocycles. The van der Waals surface area contributed by atoms with Gasteiger partial charge in [0.2, 0.25) is 11.8 Å². The van der Waals surface area contributed by atoms with Crippen molar-refractivity contribution in [3.8, 4) is 0 Å². The number of carbonyl (C=O) groups is 3. The fourth-order valence-corrected chi connectivity index (χ4v) is 2.06. The highest BCUT2D eigenvalue weighted by atomic mass is 35.5. The lowest BCUT2D eigenvalue weighted by Crippen LogP contribution is -2.50. The molecule has 7 heteroatoms. The highest BCUT2D eigenvalue weighted by molar-refractivity contribution is 6.30. The molecule has 0 aromatic rings. The van der Waals surface area contributed by atoms with E-state index in [1.54, 1.807) is 0 Å². The summed E-state index contributed by atoms with van der Waals surface area (Å²) in [5, 5.41) is 3.05. The monoisotopic (exact) mass is 288 g/mol. The van der Waals surface area contributed by atoms with E-state index in [2.05, 4.69) is 10.1 Å². The van der Waals surface area contributed by atoms with Crippen LogP contribution in [0.15, 0.2) is 11.1 Å². The standard InChI is InChI=1S/C12H17ClN2O4/c1-8(16)14-10(6-11(17)19-2)12(18)15-5-3-4-9(13)7-15/h4,10H,3,5-7H2,1-2H3,(H,14,16). The van der Waals surface area contributed by atoms with Crippen molar-refractivity contribution in [3.05, 3.63) is 11.1 Å². The number of hydrogen-bond donors (Lipinski definition) is 1. The normalized spacial score (nSPS) is 16.4. The van der Waals surface area contributed by atoms with Crippen molar-refractivity contribution in [2.75, 3.05) is 20.2 Å². The van der Waals surface area contributed by atoms with E-state index in [-0.39, 0.29) is 18.2 Å². The first kappa shape index (κ1) is 15.5. The minimum absolute atomic E-state index is 0.188. The Morgan fingerprint density at radius 2 is 2.21 bits per heavy atom. The number of rotatable bonds is 4. The van der Waals surface area contributed by atoms with Gasteiger partial charge in [0.1, 0.15) is 6.04 Å². The van der Waals surface area contributed by atoms with Crippen molar-refractivity contribution < 1.29 is 19.1 Å². The first-order valence-corrected chi connectivity index (χ1v) is 6.29. The number of carbonyl (C=O) groups excluding carboxylic acids is 3. The molecule has 0 radical (unpaired) electrons. The Morgan fingerprint density at radius 3 is 2.74 bits per heavy atom. The zero-order chi connectivity index (χ0) is 14.4. The summed E-state index contributed by atoms with van der Waals surface area (Å²) in [6.07, 6.45) is 2.32. The molecule has 1 aliphatic rings. The number of amides is 2. The molecule has 1 rings (SSSR count). The molecule has 6 nitrogen and oxygen atoms in total. The number of nitrogens with one attached hydrogen (secondary N) is 1. The molecule has 1 atom stereocenters. The molecule has 0 spiro atoms. The quantitative estimate of drug-likeness (QED) is 0.760. The van der Waals surface area contributed by atoms with E-state index in [9.17, 15) is 14.4 Å². The van der Waals surface area contributed by atoms with Gasteiger partial charge in [0, 0.05) is 18.5 Å². The second-order valence-electron chi connectivity index (χ2n) is 4.23. The average Bonchev–Trinajstić information content (AvgIpc) is 2.36. The van der Waals surface area contributed by atoms with E-state index in [0.29, 0.717) is 24.5 Å². The minimum atomic E-state index is -0.910. The van der Waals surface area contributed by atoms with E-state index >= 15 is 0 Å². The number of methoxy groups -OCH3 is 1. The summed E-state index contributed by atoms with van der Waals surface area (Å²) < 4.78 is 4.52. The highest BCUT2D eigenvalue weighted by Crippen LogP contribution is 2.14. The molecule has 0 bridgehead atoms. The van der Waals surface area contributed by atoms with Gasteiger partial charge in [-0.15, -0.1) is 0 Å². The molecule has 0 aliphatic carbocycles. The maximum absolute atomic E-state index is 12.2. The van der Waals surface area contributed by atoms with Gasteiger partial charge in [0.05, 0.1) is 20.1 Å². The second kappa shape index (κ2) is 7.13. The molecule has 0 fully saturated rings. The lowest BCUT2D eigenvalue weighted by atomic mass is 10.1. The average molecular weight is 289 g/mol. The number of halogens is 1. The Balaban J connectivity index is 2.73. The van der Waals surface area contributed by atoms with Crippen molar-refractivity contribution in [2.45, 2.75) is 25.8 Å². The molecule has 1 heterocycles. The van der Waals surface area contributed by atoms with Crippen LogP contribution in [0.2, 0.25) is 0 Å². The van der Waals surface area contributed by atoms with Crippen LogP contribution in [0.3, 0.4) is 0 Å². The summed E-state index contributed by atoms with van der Waals surface area (Å²) in [6, 6.07) is -0.910. The predicted octanol–water partition coefficient (Wildman–Crippen LogP) is 0.409. The Labute approximate surface area is 116 Å². The SMILES string of the molecule is COC(=O)CC(NC(C)=O)C(=O)N1CCC=C(Cl)C1. The van der Waals surface area contributed by atoms with Crippen molar-refractivity contribution in [1.29, 1.82) is 0 Å². The van der Waals surface area contributed by atoms with Gasteiger partial charge in [-0.3, -0.25) is 14.4 Å². The molecule has 1 N–H and O–H groups in total. The summed E-state index contributed by atoms with van der Waals surface area (Å²) in [6.45, 7) is 2.12. The van der Waals surface area contributed by atoms with E-state index < -0.39 is 12.0 Å². The fraction of sp³-hybridized carbons (Fsp3) is 0.583. The minimum Gasteiger partial charge on any atom is -0.469 e. The molecule has 106 valence electrons. The summed E-state index contributed by atoms with van der Waals surface area (Å²) in [4.78, 5) is 36.1. The molecular formula is C12H17ClN2O4. The smallest absolute Gasteiger partial charge is 0.308 e. The van der Waals surface area contributed by atoms with Crippen molar-refractivity contribution in [2.24, 2.45) is 0 Å². The van der Waals surface area contributed by atoms with Gasteiger partial charge in [0.15, 0.2) is 0 Å². The van der Waals surface area contributed by atoms with Gasteiger partial charge in [-0.2, -0.15) is 0 Å². The molecule has 2 amide bonds. The van der Waals surface area contributed by atoms with E-state index in [1.807, 2.05) is 6.08 Å². The van der Waals surface area contributed by atoms with Crippen LogP contribution in [0.1, 0.15) is 19.8 Å². The Morgan fingerprint density at radius 1 is 1.53 bits per heavy atom. The summed E-state index contributed by atoms with van der Waals surface area (Å²) in [5.41, 5.74) is 0. The first-order chi connectivity index (χ1) is 8.93. The molecule has 0 aromatic carbocycles. The second-order valence-corrected chi connectivity index (χ2v) is 4.72. The van der Waals surface area contributed by atoms with E-state index in [4.69, 9.17) is 11.6 Å². The third-order valence-corrected chi connectivity index (χ3v) is 2.97. The third-order valence-electron chi connectivity index (χ3n) is 2.69. The lowest BCUT2D eigenvalue weighted by molar-refractivity contribution is -0.145. The van der Waals surface area contributed by atoms with Gasteiger partial charge >= 0.3 is 5.97 Å². The largest absolute Gasteiger partial charge is 0.469 e. The number of nitrogens with zero attached hydrogens (tertiary/aromatic N) is 1. The van der Waals surface area contributed by atoms with Gasteiger partial charge in [-0.1, -0.05) is 17.7 Å². The third kappa shape index (κ3) is 4.90.